The molecule has 14 heavy (non-hydrogen) atoms. The van der Waals surface area contributed by atoms with Crippen LogP contribution >= 0.6 is 0 Å². The third-order valence-electron chi connectivity index (χ3n) is 2.18. The lowest BCUT2D eigenvalue weighted by Crippen LogP contribution is -2.44. The first kappa shape index (κ1) is 11.4. The summed E-state index contributed by atoms with van der Waals surface area (Å²) in [6.45, 7) is -0.0112. The van der Waals surface area contributed by atoms with Crippen LogP contribution < -0.4 is 0 Å². The van der Waals surface area contributed by atoms with Crippen LogP contribution in [0.3, 0.4) is 0 Å². The second-order valence-electron chi connectivity index (χ2n) is 3.04. The van der Waals surface area contributed by atoms with Crippen molar-refractivity contribution in [3.63, 3.8) is 0 Å². The number of carbonyl (C=O) groups excluding carboxylic acids is 1. The van der Waals surface area contributed by atoms with Crippen LogP contribution in [0, 0.1) is 0 Å². The molecule has 0 aromatic carbocycles. The average Bonchev–Trinajstić information content (AvgIpc) is 2.50. The van der Waals surface area contributed by atoms with Crippen LogP contribution in [-0.4, -0.2) is 61.4 Å². The van der Waals surface area contributed by atoms with E-state index in [0.29, 0.717) is 0 Å². The molecule has 0 saturated carbocycles. The number of hydrogen-bond donors (Lipinski definition) is 2. The Kier molecular flexibility index (Phi) is 3.82. The van der Waals surface area contributed by atoms with Crippen molar-refractivity contribution in [3.05, 3.63) is 0 Å². The summed E-state index contributed by atoms with van der Waals surface area (Å²) in [4.78, 5) is 11.2. The molecule has 6 heteroatoms. The fraction of sp³-hybridized carbons (Fsp3) is 0.875. The number of carbonyl (C=O) groups is 1. The molecule has 4 unspecified atom stereocenters. The van der Waals surface area contributed by atoms with Gasteiger partial charge in [-0.05, 0) is 0 Å². The second kappa shape index (κ2) is 4.70. The van der Waals surface area contributed by atoms with Gasteiger partial charge in [0, 0.05) is 7.11 Å². The second-order valence-corrected chi connectivity index (χ2v) is 3.04. The first-order valence-corrected chi connectivity index (χ1v) is 4.20. The van der Waals surface area contributed by atoms with Gasteiger partial charge in [-0.2, -0.15) is 0 Å². The van der Waals surface area contributed by atoms with Gasteiger partial charge in [-0.3, -0.25) is 0 Å². The maximum Gasteiger partial charge on any atom is 0.337 e. The predicted octanol–water partition coefficient (Wildman–Crippen LogP) is -1.70. The molecule has 1 rings (SSSR count). The number of aliphatic hydroxyl groups excluding tert-OH is 2. The molecule has 6 nitrogen and oxygen atoms in total. The highest BCUT2D eigenvalue weighted by Crippen LogP contribution is 2.19. The largest absolute Gasteiger partial charge is 0.467 e. The highest BCUT2D eigenvalue weighted by atomic mass is 16.6. The number of esters is 1. The summed E-state index contributed by atoms with van der Waals surface area (Å²) in [5.74, 6) is -0.634. The molecule has 1 aliphatic heterocycles. The molecule has 1 saturated heterocycles. The summed E-state index contributed by atoms with van der Waals surface area (Å²) in [7, 11) is 2.52. The van der Waals surface area contributed by atoms with Gasteiger partial charge in [0.2, 0.25) is 0 Å². The molecule has 1 heterocycles. The standard InChI is InChI=1S/C8H14O6/c1-12-7(8(11)13-2)6-5(10)4(9)3-14-6/h4-7,9-10H,3H2,1-2H3. The summed E-state index contributed by atoms with van der Waals surface area (Å²) in [5, 5.41) is 18.6. The van der Waals surface area contributed by atoms with E-state index in [0.717, 1.165) is 0 Å². The Morgan fingerprint density at radius 3 is 2.50 bits per heavy atom. The summed E-state index contributed by atoms with van der Waals surface area (Å²) in [6, 6.07) is 0. The smallest absolute Gasteiger partial charge is 0.337 e. The monoisotopic (exact) mass is 206 g/mol. The Labute approximate surface area is 81.4 Å². The molecule has 1 aliphatic rings. The van der Waals surface area contributed by atoms with E-state index in [-0.39, 0.29) is 6.61 Å². The molecule has 0 aliphatic carbocycles. The molecular formula is C8H14O6. The fourth-order valence-corrected chi connectivity index (χ4v) is 1.37. The van der Waals surface area contributed by atoms with Gasteiger partial charge < -0.3 is 24.4 Å². The van der Waals surface area contributed by atoms with Gasteiger partial charge in [-0.15, -0.1) is 0 Å². The zero-order valence-corrected chi connectivity index (χ0v) is 8.04. The Morgan fingerprint density at radius 1 is 1.50 bits per heavy atom. The first-order valence-electron chi connectivity index (χ1n) is 4.20. The van der Waals surface area contributed by atoms with Gasteiger partial charge in [-0.25, -0.2) is 4.79 Å². The van der Waals surface area contributed by atoms with Crippen LogP contribution in [-0.2, 0) is 19.0 Å². The van der Waals surface area contributed by atoms with E-state index in [1.54, 1.807) is 0 Å². The average molecular weight is 206 g/mol. The lowest BCUT2D eigenvalue weighted by Gasteiger charge is -2.21. The molecule has 0 spiro atoms. The van der Waals surface area contributed by atoms with E-state index in [4.69, 9.17) is 9.47 Å². The lowest BCUT2D eigenvalue weighted by molar-refractivity contribution is -0.164. The Bertz CT molecular complexity index is 206. The fourth-order valence-electron chi connectivity index (χ4n) is 1.37. The van der Waals surface area contributed by atoms with Gasteiger partial charge in [0.25, 0.3) is 0 Å². The minimum absolute atomic E-state index is 0.0112. The molecular weight excluding hydrogens is 192 g/mol. The van der Waals surface area contributed by atoms with Crippen LogP contribution in [0.5, 0.6) is 0 Å². The summed E-state index contributed by atoms with van der Waals surface area (Å²) in [5.41, 5.74) is 0. The maximum atomic E-state index is 11.2. The summed E-state index contributed by atoms with van der Waals surface area (Å²) >= 11 is 0. The van der Waals surface area contributed by atoms with E-state index >= 15 is 0 Å². The van der Waals surface area contributed by atoms with Crippen LogP contribution in [0.15, 0.2) is 0 Å². The van der Waals surface area contributed by atoms with Crippen molar-refractivity contribution in [2.24, 2.45) is 0 Å². The van der Waals surface area contributed by atoms with E-state index in [9.17, 15) is 15.0 Å². The Morgan fingerprint density at radius 2 is 2.14 bits per heavy atom. The lowest BCUT2D eigenvalue weighted by atomic mass is 10.1. The highest BCUT2D eigenvalue weighted by molar-refractivity contribution is 5.75. The zero-order valence-electron chi connectivity index (χ0n) is 8.04. The van der Waals surface area contributed by atoms with Gasteiger partial charge in [0.1, 0.15) is 18.3 Å². The third-order valence-corrected chi connectivity index (χ3v) is 2.18. The molecule has 0 aromatic heterocycles. The van der Waals surface area contributed by atoms with Gasteiger partial charge in [-0.1, -0.05) is 0 Å². The first-order chi connectivity index (χ1) is 6.61. The molecule has 82 valence electrons. The van der Waals surface area contributed by atoms with Crippen molar-refractivity contribution >= 4 is 5.97 Å². The van der Waals surface area contributed by atoms with E-state index in [2.05, 4.69) is 4.74 Å². The quantitative estimate of drug-likeness (QED) is 0.535. The number of ether oxygens (including phenoxy) is 3. The number of hydrogen-bond acceptors (Lipinski definition) is 6. The normalized spacial score (nSPS) is 34.1. The van der Waals surface area contributed by atoms with Crippen molar-refractivity contribution in [1.29, 1.82) is 0 Å². The van der Waals surface area contributed by atoms with Gasteiger partial charge >= 0.3 is 5.97 Å². The molecule has 4 atom stereocenters. The zero-order chi connectivity index (χ0) is 10.7. The van der Waals surface area contributed by atoms with E-state index < -0.39 is 30.4 Å². The number of methoxy groups -OCH3 is 2. The van der Waals surface area contributed by atoms with Crippen molar-refractivity contribution in [2.45, 2.75) is 24.4 Å². The predicted molar refractivity (Wildman–Crippen MR) is 44.6 cm³/mol. The van der Waals surface area contributed by atoms with Crippen LogP contribution in [0.25, 0.3) is 0 Å². The SMILES string of the molecule is COC(=O)C(OC)C1OCC(O)C1O. The van der Waals surface area contributed by atoms with Crippen LogP contribution in [0.1, 0.15) is 0 Å². The van der Waals surface area contributed by atoms with Crippen molar-refractivity contribution in [3.8, 4) is 0 Å². The molecule has 0 aromatic rings. The van der Waals surface area contributed by atoms with Crippen LogP contribution in [0.2, 0.25) is 0 Å². The minimum atomic E-state index is -1.13. The molecule has 0 amide bonds. The molecule has 0 bridgehead atoms. The van der Waals surface area contributed by atoms with Crippen molar-refractivity contribution in [2.75, 3.05) is 20.8 Å². The summed E-state index contributed by atoms with van der Waals surface area (Å²) < 4.78 is 14.3. The van der Waals surface area contributed by atoms with Crippen molar-refractivity contribution < 1.29 is 29.2 Å². The van der Waals surface area contributed by atoms with Crippen molar-refractivity contribution in [1.82, 2.24) is 0 Å². The van der Waals surface area contributed by atoms with E-state index in [1.165, 1.54) is 14.2 Å². The van der Waals surface area contributed by atoms with Gasteiger partial charge in [0.05, 0.1) is 13.7 Å². The maximum absolute atomic E-state index is 11.2. The number of aliphatic hydroxyl groups is 2. The highest BCUT2D eigenvalue weighted by Gasteiger charge is 2.43. The topological polar surface area (TPSA) is 85.2 Å². The summed E-state index contributed by atoms with van der Waals surface area (Å²) in [6.07, 6.45) is -3.99. The minimum Gasteiger partial charge on any atom is -0.467 e. The Balaban J connectivity index is 2.66. The molecule has 0 radical (unpaired) electrons. The Hall–Kier alpha value is -0.690. The van der Waals surface area contributed by atoms with Crippen LogP contribution in [0.4, 0.5) is 0 Å². The number of rotatable bonds is 3. The van der Waals surface area contributed by atoms with E-state index in [1.807, 2.05) is 0 Å². The molecule has 2 N–H and O–H groups in total. The molecule has 1 fully saturated rings. The van der Waals surface area contributed by atoms with Gasteiger partial charge in [0.15, 0.2) is 6.10 Å². The third kappa shape index (κ3) is 2.03.